The van der Waals surface area contributed by atoms with Crippen LogP contribution in [0, 0.1) is 0 Å². The van der Waals surface area contributed by atoms with Gasteiger partial charge < -0.3 is 25.6 Å². The van der Waals surface area contributed by atoms with E-state index in [9.17, 15) is 9.59 Å². The number of guanidine groups is 1. The molecule has 0 atom stereocenters. The average molecular weight is 355 g/mol. The van der Waals surface area contributed by atoms with Crippen molar-refractivity contribution in [3.05, 3.63) is 0 Å². The minimum atomic E-state index is -0.484. The molecule has 0 aromatic rings. The SMILES string of the molecule is CCNC(=NCCC(=O)NC(C)C)NC1CN(C(=O)OC(C)(C)C)C1. The molecular formula is C17H33N5O3. The van der Waals surface area contributed by atoms with E-state index in [1.165, 1.54) is 0 Å². The first kappa shape index (κ1) is 21.1. The minimum absolute atomic E-state index is 0.00524. The summed E-state index contributed by atoms with van der Waals surface area (Å²) in [5.74, 6) is 0.656. The van der Waals surface area contributed by atoms with Crippen LogP contribution < -0.4 is 16.0 Å². The number of carbonyl (C=O) groups excluding carboxylic acids is 2. The molecular weight excluding hydrogens is 322 g/mol. The van der Waals surface area contributed by atoms with Crippen LogP contribution in [0.25, 0.3) is 0 Å². The third kappa shape index (κ3) is 8.60. The van der Waals surface area contributed by atoms with E-state index >= 15 is 0 Å². The van der Waals surface area contributed by atoms with Crippen molar-refractivity contribution in [2.75, 3.05) is 26.2 Å². The zero-order valence-corrected chi connectivity index (χ0v) is 16.3. The van der Waals surface area contributed by atoms with E-state index in [0.717, 1.165) is 6.54 Å². The van der Waals surface area contributed by atoms with Gasteiger partial charge >= 0.3 is 6.09 Å². The number of rotatable bonds is 6. The zero-order valence-electron chi connectivity index (χ0n) is 16.3. The Balaban J connectivity index is 2.38. The molecule has 25 heavy (non-hydrogen) atoms. The summed E-state index contributed by atoms with van der Waals surface area (Å²) in [6.45, 7) is 13.7. The lowest BCUT2D eigenvalue weighted by molar-refractivity contribution is -0.121. The molecule has 8 nitrogen and oxygen atoms in total. The second-order valence-corrected chi connectivity index (χ2v) is 7.46. The van der Waals surface area contributed by atoms with Gasteiger partial charge in [0.15, 0.2) is 5.96 Å². The number of aliphatic imine (C=N–C) groups is 1. The van der Waals surface area contributed by atoms with Gasteiger partial charge in [-0.25, -0.2) is 4.79 Å². The second-order valence-electron chi connectivity index (χ2n) is 7.46. The lowest BCUT2D eigenvalue weighted by Gasteiger charge is -2.40. The molecule has 1 aliphatic heterocycles. The number of hydrogen-bond acceptors (Lipinski definition) is 4. The van der Waals surface area contributed by atoms with Gasteiger partial charge in [-0.2, -0.15) is 0 Å². The summed E-state index contributed by atoms with van der Waals surface area (Å²) in [5, 5.41) is 9.27. The number of ether oxygens (including phenoxy) is 1. The average Bonchev–Trinajstić information content (AvgIpc) is 2.39. The maximum Gasteiger partial charge on any atom is 0.410 e. The molecule has 1 heterocycles. The molecule has 0 unspecified atom stereocenters. The first-order valence-electron chi connectivity index (χ1n) is 8.93. The fourth-order valence-electron chi connectivity index (χ4n) is 2.22. The lowest BCUT2D eigenvalue weighted by Crippen LogP contribution is -2.63. The summed E-state index contributed by atoms with van der Waals surface area (Å²) in [4.78, 5) is 29.6. The molecule has 1 fully saturated rings. The Hall–Kier alpha value is -1.99. The van der Waals surface area contributed by atoms with Gasteiger partial charge in [0, 0.05) is 32.1 Å². The van der Waals surface area contributed by atoms with Gasteiger partial charge in [0.1, 0.15) is 5.60 Å². The highest BCUT2D eigenvalue weighted by molar-refractivity contribution is 5.81. The Labute approximate surface area is 150 Å². The van der Waals surface area contributed by atoms with Crippen LogP contribution >= 0.6 is 0 Å². The number of likely N-dealkylation sites (tertiary alicyclic amines) is 1. The minimum Gasteiger partial charge on any atom is -0.444 e. The number of nitrogens with one attached hydrogen (secondary N) is 3. The number of hydrogen-bond donors (Lipinski definition) is 3. The van der Waals surface area contributed by atoms with Crippen LogP contribution in [0.1, 0.15) is 48.0 Å². The van der Waals surface area contributed by atoms with Crippen LogP contribution in [0.3, 0.4) is 0 Å². The van der Waals surface area contributed by atoms with Crippen LogP contribution in [0.15, 0.2) is 4.99 Å². The summed E-state index contributed by atoms with van der Waals surface area (Å²) < 4.78 is 5.33. The Morgan fingerprint density at radius 3 is 2.44 bits per heavy atom. The van der Waals surface area contributed by atoms with Crippen molar-refractivity contribution in [1.29, 1.82) is 0 Å². The summed E-state index contributed by atoms with van der Waals surface area (Å²) in [7, 11) is 0. The Bertz CT molecular complexity index is 479. The molecule has 0 radical (unpaired) electrons. The molecule has 1 saturated heterocycles. The third-order valence-corrected chi connectivity index (χ3v) is 3.28. The monoisotopic (exact) mass is 355 g/mol. The van der Waals surface area contributed by atoms with E-state index in [-0.39, 0.29) is 24.1 Å². The van der Waals surface area contributed by atoms with Gasteiger partial charge in [0.25, 0.3) is 0 Å². The number of amides is 2. The largest absolute Gasteiger partial charge is 0.444 e. The summed E-state index contributed by atoms with van der Waals surface area (Å²) in [5.41, 5.74) is -0.484. The van der Waals surface area contributed by atoms with Crippen molar-refractivity contribution >= 4 is 18.0 Å². The van der Waals surface area contributed by atoms with Crippen LogP contribution in [-0.4, -0.2) is 66.7 Å². The van der Waals surface area contributed by atoms with Crippen molar-refractivity contribution in [3.8, 4) is 0 Å². The molecule has 0 aromatic carbocycles. The Morgan fingerprint density at radius 2 is 1.92 bits per heavy atom. The van der Waals surface area contributed by atoms with Crippen LogP contribution in [-0.2, 0) is 9.53 Å². The van der Waals surface area contributed by atoms with Gasteiger partial charge in [0.2, 0.25) is 5.91 Å². The lowest BCUT2D eigenvalue weighted by atomic mass is 10.1. The molecule has 0 aliphatic carbocycles. The van der Waals surface area contributed by atoms with Gasteiger partial charge in [-0.15, -0.1) is 0 Å². The van der Waals surface area contributed by atoms with Gasteiger partial charge in [-0.3, -0.25) is 9.79 Å². The van der Waals surface area contributed by atoms with E-state index < -0.39 is 5.60 Å². The summed E-state index contributed by atoms with van der Waals surface area (Å²) in [6, 6.07) is 0.270. The molecule has 1 rings (SSSR count). The van der Waals surface area contributed by atoms with Gasteiger partial charge in [-0.1, -0.05) is 0 Å². The van der Waals surface area contributed by atoms with Crippen LogP contribution in [0.2, 0.25) is 0 Å². The van der Waals surface area contributed by atoms with E-state index in [0.29, 0.717) is 32.0 Å². The fourth-order valence-corrected chi connectivity index (χ4v) is 2.22. The quantitative estimate of drug-likeness (QED) is 0.489. The molecule has 0 spiro atoms. The zero-order chi connectivity index (χ0) is 19.0. The van der Waals surface area contributed by atoms with Crippen molar-refractivity contribution in [2.45, 2.75) is 65.6 Å². The predicted molar refractivity (Wildman–Crippen MR) is 98.6 cm³/mol. The van der Waals surface area contributed by atoms with Crippen molar-refractivity contribution in [2.24, 2.45) is 4.99 Å². The Morgan fingerprint density at radius 1 is 1.28 bits per heavy atom. The molecule has 0 saturated carbocycles. The normalized spacial score (nSPS) is 15.6. The third-order valence-electron chi connectivity index (χ3n) is 3.28. The van der Waals surface area contributed by atoms with E-state index in [1.807, 2.05) is 41.5 Å². The second kappa shape index (κ2) is 9.48. The smallest absolute Gasteiger partial charge is 0.410 e. The standard InChI is InChI=1S/C17H33N5O3/c1-7-18-15(19-9-8-14(23)20-12(2)3)21-13-10-22(11-13)16(24)25-17(4,5)6/h12-13H,7-11H2,1-6H3,(H,20,23)(H2,18,19,21). The number of carbonyl (C=O) groups is 2. The molecule has 0 bridgehead atoms. The summed E-state index contributed by atoms with van der Waals surface area (Å²) >= 11 is 0. The molecule has 0 aromatic heterocycles. The topological polar surface area (TPSA) is 95.1 Å². The first-order chi connectivity index (χ1) is 11.6. The van der Waals surface area contributed by atoms with E-state index in [2.05, 4.69) is 20.9 Å². The molecule has 144 valence electrons. The highest BCUT2D eigenvalue weighted by atomic mass is 16.6. The van der Waals surface area contributed by atoms with E-state index in [4.69, 9.17) is 4.74 Å². The molecule has 3 N–H and O–H groups in total. The van der Waals surface area contributed by atoms with Crippen LogP contribution in [0.5, 0.6) is 0 Å². The molecule has 1 aliphatic rings. The van der Waals surface area contributed by atoms with Crippen molar-refractivity contribution < 1.29 is 14.3 Å². The highest BCUT2D eigenvalue weighted by Gasteiger charge is 2.34. The van der Waals surface area contributed by atoms with Crippen molar-refractivity contribution in [1.82, 2.24) is 20.9 Å². The molecule has 8 heteroatoms. The van der Waals surface area contributed by atoms with E-state index in [1.54, 1.807) is 4.90 Å². The predicted octanol–water partition coefficient (Wildman–Crippen LogP) is 1.08. The maximum absolute atomic E-state index is 11.9. The molecule has 2 amide bonds. The number of nitrogens with zero attached hydrogens (tertiary/aromatic N) is 2. The highest BCUT2D eigenvalue weighted by Crippen LogP contribution is 2.15. The van der Waals surface area contributed by atoms with Crippen LogP contribution in [0.4, 0.5) is 4.79 Å². The Kier molecular flexibility index (Phi) is 7.99. The fraction of sp³-hybridized carbons (Fsp3) is 0.824. The first-order valence-corrected chi connectivity index (χ1v) is 8.93. The maximum atomic E-state index is 11.9. The van der Waals surface area contributed by atoms with Crippen molar-refractivity contribution in [3.63, 3.8) is 0 Å². The van der Waals surface area contributed by atoms with Gasteiger partial charge in [0.05, 0.1) is 12.6 Å². The summed E-state index contributed by atoms with van der Waals surface area (Å²) in [6.07, 6.45) is 0.0570. The van der Waals surface area contributed by atoms with Gasteiger partial charge in [-0.05, 0) is 41.5 Å².